The summed E-state index contributed by atoms with van der Waals surface area (Å²) in [5, 5.41) is 0. The van der Waals surface area contributed by atoms with Crippen LogP contribution in [0.1, 0.15) is 0 Å². The van der Waals surface area contributed by atoms with Crippen molar-refractivity contribution in [2.24, 2.45) is 0 Å². The number of ketones is 1. The smallest absolute Gasteiger partial charge is 0.246 e. The van der Waals surface area contributed by atoms with Crippen LogP contribution < -0.4 is 0 Å². The molecule has 0 radical (unpaired) electrons. The molecule has 2 amide bonds. The van der Waals surface area contributed by atoms with E-state index in [1.165, 1.54) is 15.9 Å². The lowest BCUT2D eigenvalue weighted by molar-refractivity contribution is -0.141. The average Bonchev–Trinajstić information content (AvgIpc) is 2.43. The summed E-state index contributed by atoms with van der Waals surface area (Å²) >= 11 is 0. The van der Waals surface area contributed by atoms with E-state index in [0.29, 0.717) is 13.1 Å². The van der Waals surface area contributed by atoms with Crippen molar-refractivity contribution in [2.75, 3.05) is 19.6 Å². The minimum atomic E-state index is -0.689. The molecule has 96 valence electrons. The van der Waals surface area contributed by atoms with Gasteiger partial charge in [-0.1, -0.05) is 19.7 Å². The third kappa shape index (κ3) is 2.74. The molecule has 0 aromatic carbocycles. The van der Waals surface area contributed by atoms with E-state index in [1.54, 1.807) is 0 Å². The van der Waals surface area contributed by atoms with Gasteiger partial charge in [0.2, 0.25) is 11.8 Å². The van der Waals surface area contributed by atoms with Gasteiger partial charge in [-0.3, -0.25) is 14.4 Å². The minimum absolute atomic E-state index is 0.162. The molecule has 1 aliphatic rings. The molecule has 18 heavy (non-hydrogen) atoms. The largest absolute Gasteiger partial charge is 0.335 e. The Labute approximate surface area is 106 Å². The van der Waals surface area contributed by atoms with Crippen LogP contribution in [0.5, 0.6) is 0 Å². The fourth-order valence-electron chi connectivity index (χ4n) is 1.87. The van der Waals surface area contributed by atoms with Gasteiger partial charge in [-0.25, -0.2) is 0 Å². The van der Waals surface area contributed by atoms with Crippen LogP contribution in [0.15, 0.2) is 38.0 Å². The second kappa shape index (κ2) is 5.95. The summed E-state index contributed by atoms with van der Waals surface area (Å²) in [6, 6.07) is -0.689. The first-order chi connectivity index (χ1) is 8.54. The Morgan fingerprint density at radius 1 is 0.944 bits per heavy atom. The predicted octanol–water partition coefficient (Wildman–Crippen LogP) is 0.153. The van der Waals surface area contributed by atoms with Crippen molar-refractivity contribution in [1.29, 1.82) is 0 Å². The number of rotatable bonds is 4. The number of nitrogens with zero attached hydrogens (tertiary/aromatic N) is 2. The van der Waals surface area contributed by atoms with Gasteiger partial charge < -0.3 is 9.80 Å². The molecule has 1 aliphatic heterocycles. The fraction of sp³-hybridized carbons (Fsp3) is 0.308. The maximum absolute atomic E-state index is 11.7. The van der Waals surface area contributed by atoms with E-state index in [4.69, 9.17) is 0 Å². The summed E-state index contributed by atoms with van der Waals surface area (Å²) in [7, 11) is 0. The van der Waals surface area contributed by atoms with Crippen LogP contribution in [0, 0.1) is 0 Å². The molecule has 0 aromatic rings. The Kier molecular flexibility index (Phi) is 4.59. The molecule has 0 aromatic heterocycles. The van der Waals surface area contributed by atoms with Crippen LogP contribution in [0.25, 0.3) is 0 Å². The minimum Gasteiger partial charge on any atom is -0.335 e. The third-order valence-electron chi connectivity index (χ3n) is 2.85. The first-order valence-corrected chi connectivity index (χ1v) is 5.55. The second-order valence-electron chi connectivity index (χ2n) is 3.85. The van der Waals surface area contributed by atoms with E-state index >= 15 is 0 Å². The van der Waals surface area contributed by atoms with E-state index in [-0.39, 0.29) is 24.1 Å². The summed E-state index contributed by atoms with van der Waals surface area (Å²) in [6.45, 7) is 11.1. The molecule has 0 aliphatic carbocycles. The molecular weight excluding hydrogens is 232 g/mol. The lowest BCUT2D eigenvalue weighted by Gasteiger charge is -2.39. The SMILES string of the molecule is C=CC(=O)C1CN(C(=O)C=C)CCN1C(=O)C=C. The first-order valence-electron chi connectivity index (χ1n) is 5.55. The first kappa shape index (κ1) is 13.9. The van der Waals surface area contributed by atoms with Gasteiger partial charge >= 0.3 is 0 Å². The molecule has 0 spiro atoms. The molecule has 1 heterocycles. The van der Waals surface area contributed by atoms with Crippen LogP contribution in [0.3, 0.4) is 0 Å². The zero-order valence-electron chi connectivity index (χ0n) is 10.2. The number of piperazine rings is 1. The van der Waals surface area contributed by atoms with Crippen molar-refractivity contribution >= 4 is 17.6 Å². The molecule has 0 bridgehead atoms. The van der Waals surface area contributed by atoms with E-state index in [1.807, 2.05) is 0 Å². The summed E-state index contributed by atoms with van der Waals surface area (Å²) in [5.41, 5.74) is 0. The Hall–Kier alpha value is -2.17. The normalized spacial score (nSPS) is 19.0. The number of hydrogen-bond acceptors (Lipinski definition) is 3. The maximum Gasteiger partial charge on any atom is 0.246 e. The standard InChI is InChI=1S/C13H16N2O3/c1-4-11(16)10-9-14(12(17)5-2)7-8-15(10)13(18)6-3/h4-6,10H,1-3,7-9H2. The summed E-state index contributed by atoms with van der Waals surface area (Å²) in [4.78, 5) is 37.8. The number of carbonyl (C=O) groups excluding carboxylic acids is 3. The predicted molar refractivity (Wildman–Crippen MR) is 67.7 cm³/mol. The maximum atomic E-state index is 11.7. The molecule has 5 heteroatoms. The molecule has 1 rings (SSSR count). The van der Waals surface area contributed by atoms with Crippen LogP contribution in [0.4, 0.5) is 0 Å². The highest BCUT2D eigenvalue weighted by molar-refractivity contribution is 5.99. The number of amides is 2. The van der Waals surface area contributed by atoms with E-state index in [0.717, 1.165) is 12.2 Å². The lowest BCUT2D eigenvalue weighted by atomic mass is 10.1. The van der Waals surface area contributed by atoms with Gasteiger partial charge in [0, 0.05) is 19.6 Å². The topological polar surface area (TPSA) is 57.7 Å². The zero-order valence-corrected chi connectivity index (χ0v) is 10.2. The van der Waals surface area contributed by atoms with Gasteiger partial charge in [0.1, 0.15) is 6.04 Å². The molecule has 1 saturated heterocycles. The fourth-order valence-corrected chi connectivity index (χ4v) is 1.87. The quantitative estimate of drug-likeness (QED) is 0.666. The number of hydrogen-bond donors (Lipinski definition) is 0. The van der Waals surface area contributed by atoms with Gasteiger partial charge in [-0.2, -0.15) is 0 Å². The molecule has 0 saturated carbocycles. The highest BCUT2D eigenvalue weighted by Gasteiger charge is 2.34. The van der Waals surface area contributed by atoms with Crippen molar-refractivity contribution in [3.63, 3.8) is 0 Å². The summed E-state index contributed by atoms with van der Waals surface area (Å²) in [5.74, 6) is -0.852. The van der Waals surface area contributed by atoms with Crippen LogP contribution in [0.2, 0.25) is 0 Å². The Morgan fingerprint density at radius 2 is 1.56 bits per heavy atom. The Balaban J connectivity index is 2.92. The van der Waals surface area contributed by atoms with Crippen LogP contribution in [-0.4, -0.2) is 53.1 Å². The van der Waals surface area contributed by atoms with Crippen molar-refractivity contribution in [3.8, 4) is 0 Å². The zero-order chi connectivity index (χ0) is 13.7. The van der Waals surface area contributed by atoms with Gasteiger partial charge in [0.15, 0.2) is 5.78 Å². The summed E-state index contributed by atoms with van der Waals surface area (Å²) in [6.07, 6.45) is 3.52. The van der Waals surface area contributed by atoms with Crippen molar-refractivity contribution in [2.45, 2.75) is 6.04 Å². The molecule has 1 unspecified atom stereocenters. The lowest BCUT2D eigenvalue weighted by Crippen LogP contribution is -2.58. The van der Waals surface area contributed by atoms with Gasteiger partial charge in [0.05, 0.1) is 0 Å². The van der Waals surface area contributed by atoms with E-state index in [9.17, 15) is 14.4 Å². The molecule has 5 nitrogen and oxygen atoms in total. The third-order valence-corrected chi connectivity index (χ3v) is 2.85. The molecular formula is C13H16N2O3. The highest BCUT2D eigenvalue weighted by Crippen LogP contribution is 2.12. The molecule has 0 N–H and O–H groups in total. The average molecular weight is 248 g/mol. The van der Waals surface area contributed by atoms with Gasteiger partial charge in [-0.05, 0) is 18.2 Å². The second-order valence-corrected chi connectivity index (χ2v) is 3.85. The molecule has 1 atom stereocenters. The molecule has 1 fully saturated rings. The number of carbonyl (C=O) groups is 3. The van der Waals surface area contributed by atoms with E-state index in [2.05, 4.69) is 19.7 Å². The van der Waals surface area contributed by atoms with Crippen LogP contribution >= 0.6 is 0 Å². The summed E-state index contributed by atoms with van der Waals surface area (Å²) < 4.78 is 0. The van der Waals surface area contributed by atoms with E-state index < -0.39 is 6.04 Å². The van der Waals surface area contributed by atoms with Crippen molar-refractivity contribution in [1.82, 2.24) is 9.80 Å². The Morgan fingerprint density at radius 3 is 2.06 bits per heavy atom. The van der Waals surface area contributed by atoms with Crippen molar-refractivity contribution in [3.05, 3.63) is 38.0 Å². The van der Waals surface area contributed by atoms with Crippen molar-refractivity contribution < 1.29 is 14.4 Å². The van der Waals surface area contributed by atoms with Crippen LogP contribution in [-0.2, 0) is 14.4 Å². The monoisotopic (exact) mass is 248 g/mol. The Bertz CT molecular complexity index is 414. The highest BCUT2D eigenvalue weighted by atomic mass is 16.2. The van der Waals surface area contributed by atoms with Gasteiger partial charge in [-0.15, -0.1) is 0 Å². The van der Waals surface area contributed by atoms with Gasteiger partial charge in [0.25, 0.3) is 0 Å².